The number of unbranched alkanes of at least 4 members (excludes halogenated alkanes) is 2. The number of phenols is 1. The van der Waals surface area contributed by atoms with E-state index in [0.29, 0.717) is 23.5 Å². The Morgan fingerprint density at radius 1 is 1.19 bits per heavy atom. The van der Waals surface area contributed by atoms with Crippen molar-refractivity contribution >= 4 is 5.91 Å². The monoisotopic (exact) mass is 419 g/mol. The van der Waals surface area contributed by atoms with Gasteiger partial charge in [0.15, 0.2) is 0 Å². The fourth-order valence-electron chi connectivity index (χ4n) is 4.56. The first kappa shape index (κ1) is 21.0. The molecule has 1 atom stereocenters. The molecule has 2 aromatic carbocycles. The van der Waals surface area contributed by atoms with Crippen LogP contribution in [-0.2, 0) is 0 Å². The molecule has 1 aromatic heterocycles. The summed E-state index contributed by atoms with van der Waals surface area (Å²) in [4.78, 5) is 15.3. The number of aromatic nitrogens is 2. The molecule has 6 nitrogen and oxygen atoms in total. The molecule has 0 bridgehead atoms. The maximum absolute atomic E-state index is 13.4. The summed E-state index contributed by atoms with van der Waals surface area (Å²) in [5, 5.41) is 18.2. The Bertz CT molecular complexity index is 1100. The molecule has 2 heterocycles. The van der Waals surface area contributed by atoms with E-state index in [1.807, 2.05) is 49.1 Å². The van der Waals surface area contributed by atoms with Crippen LogP contribution in [0, 0.1) is 13.8 Å². The zero-order chi connectivity index (χ0) is 22.1. The summed E-state index contributed by atoms with van der Waals surface area (Å²) in [5.74, 6) is 0.862. The molecule has 31 heavy (non-hydrogen) atoms. The molecule has 1 amide bonds. The van der Waals surface area contributed by atoms with E-state index in [2.05, 4.69) is 17.1 Å². The molecule has 6 heteroatoms. The number of ether oxygens (including phenoxy) is 1. The van der Waals surface area contributed by atoms with Crippen LogP contribution in [0.25, 0.3) is 11.3 Å². The van der Waals surface area contributed by atoms with Crippen LogP contribution in [0.3, 0.4) is 0 Å². The van der Waals surface area contributed by atoms with Crippen molar-refractivity contribution in [3.8, 4) is 22.8 Å². The van der Waals surface area contributed by atoms with Crippen LogP contribution >= 0.6 is 0 Å². The average molecular weight is 420 g/mol. The lowest BCUT2D eigenvalue weighted by atomic mass is 9.93. The van der Waals surface area contributed by atoms with Crippen molar-refractivity contribution in [1.82, 2.24) is 15.1 Å². The quantitative estimate of drug-likeness (QED) is 0.520. The number of benzene rings is 2. The maximum Gasteiger partial charge on any atom is 0.273 e. The smallest absolute Gasteiger partial charge is 0.273 e. The third-order valence-corrected chi connectivity index (χ3v) is 5.97. The number of nitrogens with one attached hydrogen (secondary N) is 1. The molecule has 4 rings (SSSR count). The number of aromatic hydroxyl groups is 1. The van der Waals surface area contributed by atoms with Gasteiger partial charge in [-0.25, -0.2) is 0 Å². The van der Waals surface area contributed by atoms with Gasteiger partial charge in [-0.15, -0.1) is 0 Å². The number of nitrogens with zero attached hydrogens (tertiary/aromatic N) is 2. The first-order valence-corrected chi connectivity index (χ1v) is 10.8. The zero-order valence-electron chi connectivity index (χ0n) is 18.5. The molecule has 0 aliphatic carbocycles. The highest BCUT2D eigenvalue weighted by Gasteiger charge is 2.42. The number of carbonyl (C=O) groups is 1. The summed E-state index contributed by atoms with van der Waals surface area (Å²) in [6, 6.07) is 11.3. The number of H-pyrrole nitrogens is 1. The Kier molecular flexibility index (Phi) is 5.72. The molecular formula is C25H29N3O3. The normalized spacial score (nSPS) is 15.4. The van der Waals surface area contributed by atoms with E-state index in [4.69, 9.17) is 4.74 Å². The molecule has 3 aromatic rings. The second kappa shape index (κ2) is 8.46. The van der Waals surface area contributed by atoms with Crippen molar-refractivity contribution in [3.05, 3.63) is 64.3 Å². The minimum absolute atomic E-state index is 0.0538. The summed E-state index contributed by atoms with van der Waals surface area (Å²) in [7, 11) is 1.64. The van der Waals surface area contributed by atoms with Crippen molar-refractivity contribution < 1.29 is 14.6 Å². The summed E-state index contributed by atoms with van der Waals surface area (Å²) in [6.07, 6.45) is 3.08. The molecule has 0 spiro atoms. The van der Waals surface area contributed by atoms with Crippen molar-refractivity contribution in [3.63, 3.8) is 0 Å². The van der Waals surface area contributed by atoms with Gasteiger partial charge in [0.05, 0.1) is 13.2 Å². The second-order valence-electron chi connectivity index (χ2n) is 8.22. The minimum Gasteiger partial charge on any atom is -0.507 e. The lowest BCUT2D eigenvalue weighted by Gasteiger charge is -2.27. The van der Waals surface area contributed by atoms with Gasteiger partial charge in [0.1, 0.15) is 22.9 Å². The predicted molar refractivity (Wildman–Crippen MR) is 121 cm³/mol. The Morgan fingerprint density at radius 3 is 2.71 bits per heavy atom. The molecule has 0 saturated heterocycles. The SMILES string of the molecule is CCCCCN1C(=O)c2[nH]nc(-c3c(C)cc(C)cc3O)c2C1c1cccc(OC)c1. The Morgan fingerprint density at radius 2 is 2.00 bits per heavy atom. The number of aromatic amines is 1. The predicted octanol–water partition coefficient (Wildman–Crippen LogP) is 5.14. The number of aryl methyl sites for hydroxylation is 2. The summed E-state index contributed by atoms with van der Waals surface area (Å²) in [5.41, 5.74) is 5.48. The topological polar surface area (TPSA) is 78.5 Å². The third kappa shape index (κ3) is 3.67. The number of rotatable bonds is 7. The number of methoxy groups -OCH3 is 1. The third-order valence-electron chi connectivity index (χ3n) is 5.97. The second-order valence-corrected chi connectivity index (χ2v) is 8.22. The maximum atomic E-state index is 13.4. The van der Waals surface area contributed by atoms with Gasteiger partial charge in [-0.3, -0.25) is 9.89 Å². The van der Waals surface area contributed by atoms with E-state index in [1.165, 1.54) is 0 Å². The van der Waals surface area contributed by atoms with Crippen LogP contribution in [-0.4, -0.2) is 39.8 Å². The number of carbonyl (C=O) groups excluding carboxylic acids is 1. The van der Waals surface area contributed by atoms with Gasteiger partial charge < -0.3 is 14.7 Å². The highest BCUT2D eigenvalue weighted by molar-refractivity contribution is 6.00. The van der Waals surface area contributed by atoms with Crippen LogP contribution in [0.5, 0.6) is 11.5 Å². The molecular weight excluding hydrogens is 390 g/mol. The summed E-state index contributed by atoms with van der Waals surface area (Å²) in [6.45, 7) is 6.72. The van der Waals surface area contributed by atoms with Gasteiger partial charge in [-0.05, 0) is 55.2 Å². The first-order valence-electron chi connectivity index (χ1n) is 10.8. The van der Waals surface area contributed by atoms with E-state index >= 15 is 0 Å². The van der Waals surface area contributed by atoms with Gasteiger partial charge >= 0.3 is 0 Å². The van der Waals surface area contributed by atoms with Crippen molar-refractivity contribution in [2.75, 3.05) is 13.7 Å². The number of phenolic OH excluding ortho intramolecular Hbond substituents is 1. The molecule has 162 valence electrons. The fourth-order valence-corrected chi connectivity index (χ4v) is 4.56. The van der Waals surface area contributed by atoms with Crippen LogP contribution < -0.4 is 4.74 Å². The van der Waals surface area contributed by atoms with Crippen LogP contribution in [0.4, 0.5) is 0 Å². The van der Waals surface area contributed by atoms with E-state index in [9.17, 15) is 9.90 Å². The van der Waals surface area contributed by atoms with Crippen LogP contribution in [0.2, 0.25) is 0 Å². The number of hydrogen-bond donors (Lipinski definition) is 2. The van der Waals surface area contributed by atoms with Gasteiger partial charge in [-0.2, -0.15) is 5.10 Å². The first-order chi connectivity index (χ1) is 15.0. The fraction of sp³-hybridized carbons (Fsp3) is 0.360. The summed E-state index contributed by atoms with van der Waals surface area (Å²) < 4.78 is 5.44. The molecule has 1 aliphatic rings. The standard InChI is InChI=1S/C25H29N3O3/c1-5-6-7-11-28-24(17-9-8-10-18(14-17)31-4)21-22(26-27-23(21)25(28)30)20-16(3)12-15(2)13-19(20)29/h8-10,12-14,24,29H,5-7,11H2,1-4H3,(H,26,27). The Balaban J connectivity index is 1.88. The van der Waals surface area contributed by atoms with Gasteiger partial charge in [-0.1, -0.05) is 38.0 Å². The molecule has 0 radical (unpaired) electrons. The van der Waals surface area contributed by atoms with Crippen molar-refractivity contribution in [2.45, 2.75) is 46.1 Å². The lowest BCUT2D eigenvalue weighted by Crippen LogP contribution is -2.30. The lowest BCUT2D eigenvalue weighted by molar-refractivity contribution is 0.0740. The number of fused-ring (bicyclic) bond motifs is 1. The minimum atomic E-state index is -0.289. The van der Waals surface area contributed by atoms with Crippen molar-refractivity contribution in [1.29, 1.82) is 0 Å². The van der Waals surface area contributed by atoms with E-state index in [1.54, 1.807) is 13.2 Å². The molecule has 1 aliphatic heterocycles. The highest BCUT2D eigenvalue weighted by Crippen LogP contribution is 2.46. The van der Waals surface area contributed by atoms with Gasteiger partial charge in [0.25, 0.3) is 5.91 Å². The summed E-state index contributed by atoms with van der Waals surface area (Å²) >= 11 is 0. The van der Waals surface area contributed by atoms with E-state index in [0.717, 1.165) is 47.3 Å². The number of amides is 1. The van der Waals surface area contributed by atoms with Gasteiger partial charge in [0.2, 0.25) is 0 Å². The zero-order valence-corrected chi connectivity index (χ0v) is 18.5. The van der Waals surface area contributed by atoms with Gasteiger partial charge in [0, 0.05) is 17.7 Å². The Hall–Kier alpha value is -3.28. The molecule has 1 unspecified atom stereocenters. The highest BCUT2D eigenvalue weighted by atomic mass is 16.5. The van der Waals surface area contributed by atoms with Crippen LogP contribution in [0.1, 0.15) is 65.0 Å². The Labute approximate surface area is 182 Å². The number of hydrogen-bond acceptors (Lipinski definition) is 4. The molecule has 2 N–H and O–H groups in total. The van der Waals surface area contributed by atoms with Crippen LogP contribution in [0.15, 0.2) is 36.4 Å². The average Bonchev–Trinajstić information content (AvgIpc) is 3.27. The van der Waals surface area contributed by atoms with E-state index < -0.39 is 0 Å². The molecule has 0 fully saturated rings. The molecule has 0 saturated carbocycles. The van der Waals surface area contributed by atoms with E-state index in [-0.39, 0.29) is 17.7 Å². The largest absolute Gasteiger partial charge is 0.507 e. The van der Waals surface area contributed by atoms with Crippen molar-refractivity contribution in [2.24, 2.45) is 0 Å².